The molecular formula is C14H11IO2. The van der Waals surface area contributed by atoms with Gasteiger partial charge in [0, 0.05) is 14.7 Å². The molecule has 0 bridgehead atoms. The van der Waals surface area contributed by atoms with Crippen LogP contribution >= 0.6 is 22.6 Å². The molecule has 2 nitrogen and oxygen atoms in total. The van der Waals surface area contributed by atoms with Gasteiger partial charge in [-0.05, 0) is 59.0 Å². The van der Waals surface area contributed by atoms with Crippen molar-refractivity contribution in [3.05, 3.63) is 63.2 Å². The van der Waals surface area contributed by atoms with Crippen molar-refractivity contribution in [1.29, 1.82) is 0 Å². The predicted octanol–water partition coefficient (Wildman–Crippen LogP) is 3.53. The molecule has 17 heavy (non-hydrogen) atoms. The number of hydrogen-bond acceptors (Lipinski definition) is 2. The van der Waals surface area contributed by atoms with Crippen LogP contribution in [0.5, 0.6) is 5.75 Å². The second-order valence-electron chi connectivity index (χ2n) is 3.57. The first-order valence-corrected chi connectivity index (χ1v) is 6.23. The van der Waals surface area contributed by atoms with E-state index >= 15 is 0 Å². The van der Waals surface area contributed by atoms with Crippen molar-refractivity contribution < 1.29 is 9.53 Å². The van der Waals surface area contributed by atoms with Crippen LogP contribution in [-0.2, 0) is 0 Å². The molecule has 2 rings (SSSR count). The minimum Gasteiger partial charge on any atom is -0.497 e. The molecule has 0 aromatic heterocycles. The highest BCUT2D eigenvalue weighted by Gasteiger charge is 2.08. The highest BCUT2D eigenvalue weighted by molar-refractivity contribution is 14.1. The normalized spacial score (nSPS) is 10.0. The quantitative estimate of drug-likeness (QED) is 0.632. The van der Waals surface area contributed by atoms with Crippen molar-refractivity contribution in [2.75, 3.05) is 7.11 Å². The van der Waals surface area contributed by atoms with Crippen LogP contribution in [-0.4, -0.2) is 12.9 Å². The Morgan fingerprint density at radius 2 is 1.76 bits per heavy atom. The molecule has 0 saturated heterocycles. The lowest BCUT2D eigenvalue weighted by atomic mass is 10.0. The van der Waals surface area contributed by atoms with Crippen LogP contribution in [0.1, 0.15) is 15.9 Å². The molecule has 0 fully saturated rings. The number of ketones is 1. The Bertz CT molecular complexity index is 532. The third-order valence-corrected chi connectivity index (χ3v) is 3.11. The Kier molecular flexibility index (Phi) is 3.78. The highest BCUT2D eigenvalue weighted by Crippen LogP contribution is 2.16. The van der Waals surface area contributed by atoms with Gasteiger partial charge in [0.25, 0.3) is 0 Å². The minimum atomic E-state index is 0.0335. The summed E-state index contributed by atoms with van der Waals surface area (Å²) in [6.07, 6.45) is 0. The van der Waals surface area contributed by atoms with Crippen LogP contribution in [0.3, 0.4) is 0 Å². The summed E-state index contributed by atoms with van der Waals surface area (Å²) in [6.45, 7) is 0. The van der Waals surface area contributed by atoms with Gasteiger partial charge in [0.2, 0.25) is 0 Å². The molecule has 0 aliphatic rings. The summed E-state index contributed by atoms with van der Waals surface area (Å²) in [5, 5.41) is 0. The monoisotopic (exact) mass is 338 g/mol. The average Bonchev–Trinajstić information content (AvgIpc) is 2.38. The molecule has 0 radical (unpaired) electrons. The summed E-state index contributed by atoms with van der Waals surface area (Å²) in [6, 6.07) is 14.7. The van der Waals surface area contributed by atoms with Gasteiger partial charge in [-0.2, -0.15) is 0 Å². The lowest BCUT2D eigenvalue weighted by Gasteiger charge is -2.03. The van der Waals surface area contributed by atoms with Crippen molar-refractivity contribution in [1.82, 2.24) is 0 Å². The molecule has 2 aromatic rings. The zero-order valence-corrected chi connectivity index (χ0v) is 11.5. The zero-order valence-electron chi connectivity index (χ0n) is 9.31. The van der Waals surface area contributed by atoms with Gasteiger partial charge in [0.1, 0.15) is 5.75 Å². The first-order valence-electron chi connectivity index (χ1n) is 5.15. The molecule has 0 heterocycles. The number of carbonyl (C=O) groups excluding carboxylic acids is 1. The van der Waals surface area contributed by atoms with Gasteiger partial charge in [0.05, 0.1) is 7.11 Å². The summed E-state index contributed by atoms with van der Waals surface area (Å²) >= 11 is 2.20. The molecule has 0 amide bonds. The summed E-state index contributed by atoms with van der Waals surface area (Å²) in [5.41, 5.74) is 1.38. The SMILES string of the molecule is COc1ccc(C(=O)c2cccc(I)c2)cc1. The summed E-state index contributed by atoms with van der Waals surface area (Å²) in [7, 11) is 1.61. The largest absolute Gasteiger partial charge is 0.497 e. The van der Waals surface area contributed by atoms with Crippen molar-refractivity contribution in [2.24, 2.45) is 0 Å². The van der Waals surface area contributed by atoms with Crippen LogP contribution in [0.15, 0.2) is 48.5 Å². The van der Waals surface area contributed by atoms with Crippen LogP contribution in [0, 0.1) is 3.57 Å². The van der Waals surface area contributed by atoms with Crippen LogP contribution in [0.25, 0.3) is 0 Å². The Hall–Kier alpha value is -1.36. The maximum Gasteiger partial charge on any atom is 0.193 e. The van der Waals surface area contributed by atoms with Gasteiger partial charge in [-0.25, -0.2) is 0 Å². The van der Waals surface area contributed by atoms with E-state index in [0.29, 0.717) is 11.1 Å². The smallest absolute Gasteiger partial charge is 0.193 e. The van der Waals surface area contributed by atoms with E-state index in [9.17, 15) is 4.79 Å². The number of methoxy groups -OCH3 is 1. The number of ether oxygens (including phenoxy) is 1. The van der Waals surface area contributed by atoms with Crippen molar-refractivity contribution >= 4 is 28.4 Å². The second kappa shape index (κ2) is 5.31. The number of halogens is 1. The van der Waals surface area contributed by atoms with E-state index in [4.69, 9.17) is 4.74 Å². The molecule has 0 aliphatic carbocycles. The van der Waals surface area contributed by atoms with E-state index in [2.05, 4.69) is 22.6 Å². The van der Waals surface area contributed by atoms with E-state index in [1.165, 1.54) is 0 Å². The first kappa shape index (κ1) is 12.1. The predicted molar refractivity (Wildman–Crippen MR) is 75.6 cm³/mol. The number of benzene rings is 2. The van der Waals surface area contributed by atoms with Gasteiger partial charge < -0.3 is 4.74 Å². The van der Waals surface area contributed by atoms with Gasteiger partial charge in [-0.3, -0.25) is 4.79 Å². The summed E-state index contributed by atoms with van der Waals surface area (Å²) in [4.78, 5) is 12.2. The maximum atomic E-state index is 12.2. The lowest BCUT2D eigenvalue weighted by Crippen LogP contribution is -2.01. The molecule has 0 atom stereocenters. The Morgan fingerprint density at radius 3 is 2.35 bits per heavy atom. The van der Waals surface area contributed by atoms with Crippen molar-refractivity contribution in [2.45, 2.75) is 0 Å². The molecule has 0 unspecified atom stereocenters. The van der Waals surface area contributed by atoms with Gasteiger partial charge in [0.15, 0.2) is 5.78 Å². The Labute approximate surface area is 114 Å². The molecule has 86 valence electrons. The second-order valence-corrected chi connectivity index (χ2v) is 4.81. The topological polar surface area (TPSA) is 26.3 Å². The van der Waals surface area contributed by atoms with E-state index in [-0.39, 0.29) is 5.78 Å². The lowest BCUT2D eigenvalue weighted by molar-refractivity contribution is 0.103. The van der Waals surface area contributed by atoms with E-state index in [0.717, 1.165) is 9.32 Å². The van der Waals surface area contributed by atoms with Crippen LogP contribution in [0.2, 0.25) is 0 Å². The van der Waals surface area contributed by atoms with Gasteiger partial charge in [-0.15, -0.1) is 0 Å². The standard InChI is InChI=1S/C14H11IO2/c1-17-13-7-5-10(6-8-13)14(16)11-3-2-4-12(15)9-11/h2-9H,1H3. The average molecular weight is 338 g/mol. The zero-order chi connectivity index (χ0) is 12.3. The van der Waals surface area contributed by atoms with Crippen LogP contribution in [0.4, 0.5) is 0 Å². The van der Waals surface area contributed by atoms with E-state index in [1.54, 1.807) is 31.4 Å². The fourth-order valence-electron chi connectivity index (χ4n) is 1.54. The molecule has 3 heteroatoms. The molecular weight excluding hydrogens is 327 g/mol. The van der Waals surface area contributed by atoms with E-state index in [1.807, 2.05) is 24.3 Å². The molecule has 0 saturated carbocycles. The minimum absolute atomic E-state index is 0.0335. The van der Waals surface area contributed by atoms with E-state index < -0.39 is 0 Å². The van der Waals surface area contributed by atoms with Crippen molar-refractivity contribution in [3.63, 3.8) is 0 Å². The first-order chi connectivity index (χ1) is 8.20. The number of rotatable bonds is 3. The highest BCUT2D eigenvalue weighted by atomic mass is 127. The number of carbonyl (C=O) groups is 1. The maximum absolute atomic E-state index is 12.2. The Morgan fingerprint density at radius 1 is 1.06 bits per heavy atom. The Balaban J connectivity index is 2.30. The molecule has 0 spiro atoms. The summed E-state index contributed by atoms with van der Waals surface area (Å²) < 4.78 is 6.12. The number of hydrogen-bond donors (Lipinski definition) is 0. The van der Waals surface area contributed by atoms with Crippen LogP contribution < -0.4 is 4.74 Å². The summed E-state index contributed by atoms with van der Waals surface area (Å²) in [5.74, 6) is 0.787. The fraction of sp³-hybridized carbons (Fsp3) is 0.0714. The molecule has 0 aliphatic heterocycles. The molecule has 0 N–H and O–H groups in total. The third-order valence-electron chi connectivity index (χ3n) is 2.44. The fourth-order valence-corrected chi connectivity index (χ4v) is 2.08. The third kappa shape index (κ3) is 2.85. The van der Waals surface area contributed by atoms with Crippen molar-refractivity contribution in [3.8, 4) is 5.75 Å². The van der Waals surface area contributed by atoms with Gasteiger partial charge >= 0.3 is 0 Å². The molecule has 2 aromatic carbocycles. The van der Waals surface area contributed by atoms with Gasteiger partial charge in [-0.1, -0.05) is 12.1 Å².